The molecule has 38 heavy (non-hydrogen) atoms. The van der Waals surface area contributed by atoms with Gasteiger partial charge in [0.1, 0.15) is 23.3 Å². The summed E-state index contributed by atoms with van der Waals surface area (Å²) in [6.07, 6.45) is 4.50. The molecule has 1 fully saturated rings. The average Bonchev–Trinajstić information content (AvgIpc) is 2.79. The first kappa shape index (κ1) is 27.3. The van der Waals surface area contributed by atoms with Crippen molar-refractivity contribution in [3.05, 3.63) is 71.6 Å². The molecule has 0 bridgehead atoms. The zero-order valence-corrected chi connectivity index (χ0v) is 21.3. The van der Waals surface area contributed by atoms with E-state index in [-0.39, 0.29) is 17.6 Å². The van der Waals surface area contributed by atoms with E-state index < -0.39 is 61.6 Å². The van der Waals surface area contributed by atoms with Gasteiger partial charge in [-0.2, -0.15) is 0 Å². The molecule has 0 radical (unpaired) electrons. The topological polar surface area (TPSA) is 117 Å². The molecule has 1 aliphatic rings. The third-order valence-electron chi connectivity index (χ3n) is 6.01. The molecule has 1 amide bonds. The van der Waals surface area contributed by atoms with Gasteiger partial charge in [0.15, 0.2) is 0 Å². The normalized spacial score (nSPS) is 17.8. The maximum Gasteiger partial charge on any atom is 0.258 e. The van der Waals surface area contributed by atoms with Crippen LogP contribution in [0.3, 0.4) is 0 Å². The molecule has 202 valence electrons. The number of rotatable bonds is 6. The van der Waals surface area contributed by atoms with E-state index in [0.29, 0.717) is 37.0 Å². The molecule has 3 aromatic rings. The van der Waals surface area contributed by atoms with Gasteiger partial charge >= 0.3 is 0 Å². The second-order valence-electron chi connectivity index (χ2n) is 9.33. The Kier molecular flexibility index (Phi) is 7.61. The van der Waals surface area contributed by atoms with Crippen LogP contribution in [-0.4, -0.2) is 44.7 Å². The largest absolute Gasteiger partial charge is 0.368 e. The fourth-order valence-electron chi connectivity index (χ4n) is 4.59. The van der Waals surface area contributed by atoms with Crippen LogP contribution in [0, 0.1) is 29.2 Å². The summed E-state index contributed by atoms with van der Waals surface area (Å²) in [6, 6.07) is 4.31. The number of sulfonamides is 1. The molecule has 1 aromatic heterocycles. The SMILES string of the molecule is C[C@@H]1C[C@H](N)CN(c2ccncc2NC(=O)c2ccc(F)c(-c3c(F)cc(NS(C)(=O)=O)cc3F)c2F)C1. The van der Waals surface area contributed by atoms with Crippen molar-refractivity contribution in [3.8, 4) is 11.1 Å². The molecular weight excluding hydrogens is 526 g/mol. The number of carbonyl (C=O) groups is 1. The van der Waals surface area contributed by atoms with Gasteiger partial charge in [-0.25, -0.2) is 26.0 Å². The van der Waals surface area contributed by atoms with Gasteiger partial charge in [0.05, 0.1) is 46.2 Å². The van der Waals surface area contributed by atoms with Crippen LogP contribution in [-0.2, 0) is 10.0 Å². The van der Waals surface area contributed by atoms with E-state index in [1.165, 1.54) is 12.4 Å². The van der Waals surface area contributed by atoms with E-state index in [1.807, 2.05) is 16.5 Å². The lowest BCUT2D eigenvalue weighted by Gasteiger charge is -2.37. The van der Waals surface area contributed by atoms with Crippen molar-refractivity contribution in [2.75, 3.05) is 34.3 Å². The fourth-order valence-corrected chi connectivity index (χ4v) is 5.13. The van der Waals surface area contributed by atoms with Gasteiger partial charge < -0.3 is 16.0 Å². The first-order chi connectivity index (χ1) is 17.8. The van der Waals surface area contributed by atoms with Gasteiger partial charge in [0, 0.05) is 25.3 Å². The van der Waals surface area contributed by atoms with Crippen LogP contribution < -0.4 is 20.7 Å². The summed E-state index contributed by atoms with van der Waals surface area (Å²) in [4.78, 5) is 19.0. The number of aromatic nitrogens is 1. The Morgan fingerprint density at radius 3 is 2.37 bits per heavy atom. The second-order valence-corrected chi connectivity index (χ2v) is 11.1. The molecule has 13 heteroatoms. The third-order valence-corrected chi connectivity index (χ3v) is 6.62. The Balaban J connectivity index is 1.69. The smallest absolute Gasteiger partial charge is 0.258 e. The van der Waals surface area contributed by atoms with Crippen LogP contribution >= 0.6 is 0 Å². The molecule has 0 saturated carbocycles. The van der Waals surface area contributed by atoms with Crippen molar-refractivity contribution >= 4 is 33.0 Å². The number of piperidine rings is 1. The van der Waals surface area contributed by atoms with Crippen molar-refractivity contribution in [2.24, 2.45) is 11.7 Å². The van der Waals surface area contributed by atoms with Crippen LogP contribution in [0.4, 0.5) is 34.6 Å². The fraction of sp³-hybridized carbons (Fsp3) is 0.280. The number of nitrogens with two attached hydrogens (primary N) is 1. The van der Waals surface area contributed by atoms with Crippen LogP contribution in [0.5, 0.6) is 0 Å². The number of carbonyl (C=O) groups excluding carboxylic acids is 1. The van der Waals surface area contributed by atoms with Crippen LogP contribution in [0.25, 0.3) is 11.1 Å². The van der Waals surface area contributed by atoms with E-state index in [4.69, 9.17) is 5.73 Å². The third kappa shape index (κ3) is 5.89. The highest BCUT2D eigenvalue weighted by atomic mass is 32.2. The summed E-state index contributed by atoms with van der Waals surface area (Å²) < 4.78 is 84.4. The van der Waals surface area contributed by atoms with Crippen LogP contribution in [0.2, 0.25) is 0 Å². The summed E-state index contributed by atoms with van der Waals surface area (Å²) >= 11 is 0. The number of anilines is 3. The van der Waals surface area contributed by atoms with Gasteiger partial charge in [-0.15, -0.1) is 0 Å². The van der Waals surface area contributed by atoms with Crippen molar-refractivity contribution in [2.45, 2.75) is 19.4 Å². The minimum atomic E-state index is -3.87. The average molecular weight is 552 g/mol. The van der Waals surface area contributed by atoms with E-state index in [9.17, 15) is 26.4 Å². The number of amides is 1. The molecule has 2 heterocycles. The number of pyridine rings is 1. The maximum atomic E-state index is 15.5. The molecule has 0 spiro atoms. The van der Waals surface area contributed by atoms with E-state index in [0.717, 1.165) is 18.7 Å². The quantitative estimate of drug-likeness (QED) is 0.397. The van der Waals surface area contributed by atoms with Gasteiger partial charge in [-0.3, -0.25) is 14.5 Å². The zero-order chi connectivity index (χ0) is 27.8. The summed E-state index contributed by atoms with van der Waals surface area (Å²) in [7, 11) is -3.87. The van der Waals surface area contributed by atoms with Crippen molar-refractivity contribution in [1.82, 2.24) is 4.98 Å². The van der Waals surface area contributed by atoms with E-state index in [1.54, 1.807) is 6.07 Å². The number of hydrogen-bond acceptors (Lipinski definition) is 6. The summed E-state index contributed by atoms with van der Waals surface area (Å²) in [5.74, 6) is -6.39. The van der Waals surface area contributed by atoms with Gasteiger partial charge in [-0.1, -0.05) is 6.92 Å². The van der Waals surface area contributed by atoms with E-state index >= 15 is 4.39 Å². The summed E-state index contributed by atoms with van der Waals surface area (Å²) in [5.41, 5.74) is 3.64. The number of nitrogens with zero attached hydrogens (tertiary/aromatic N) is 2. The first-order valence-corrected chi connectivity index (χ1v) is 13.4. The van der Waals surface area contributed by atoms with Gasteiger partial charge in [0.25, 0.3) is 5.91 Å². The van der Waals surface area contributed by atoms with Crippen molar-refractivity contribution in [3.63, 3.8) is 0 Å². The van der Waals surface area contributed by atoms with Gasteiger partial charge in [-0.05, 0) is 42.7 Å². The highest BCUT2D eigenvalue weighted by molar-refractivity contribution is 7.92. The Labute approximate surface area is 216 Å². The number of nitrogens with one attached hydrogen (secondary N) is 2. The predicted octanol–water partition coefficient (Wildman–Crippen LogP) is 4.10. The maximum absolute atomic E-state index is 15.5. The summed E-state index contributed by atoms with van der Waals surface area (Å²) in [5, 5.41) is 2.55. The molecule has 1 aliphatic heterocycles. The molecule has 0 unspecified atom stereocenters. The van der Waals surface area contributed by atoms with Crippen LogP contribution in [0.15, 0.2) is 42.7 Å². The zero-order valence-electron chi connectivity index (χ0n) is 20.4. The number of hydrogen-bond donors (Lipinski definition) is 3. The molecule has 1 saturated heterocycles. The summed E-state index contributed by atoms with van der Waals surface area (Å²) in [6.45, 7) is 3.23. The Bertz CT molecular complexity index is 1470. The standard InChI is InChI=1S/C25H25F4N5O3S/c1-13-7-14(30)12-34(11-13)21-5-6-31-10-20(21)32-25(35)16-3-4-17(26)23(24(16)29)22-18(27)8-15(9-19(22)28)33-38(2,36)37/h3-6,8-10,13-14,33H,7,11-12,30H2,1-2H3,(H,32,35)/t13-,14+/m1/s1. The Morgan fingerprint density at radius 1 is 1.05 bits per heavy atom. The van der Waals surface area contributed by atoms with Crippen molar-refractivity contribution < 1.29 is 30.8 Å². The highest BCUT2D eigenvalue weighted by Gasteiger charge is 2.27. The molecule has 4 N–H and O–H groups in total. The number of benzene rings is 2. The molecule has 2 aromatic carbocycles. The minimum Gasteiger partial charge on any atom is -0.368 e. The lowest BCUT2D eigenvalue weighted by molar-refractivity contribution is 0.102. The van der Waals surface area contributed by atoms with Gasteiger partial charge in [0.2, 0.25) is 10.0 Å². The van der Waals surface area contributed by atoms with Crippen molar-refractivity contribution in [1.29, 1.82) is 0 Å². The highest BCUT2D eigenvalue weighted by Crippen LogP contribution is 2.35. The first-order valence-electron chi connectivity index (χ1n) is 11.5. The monoisotopic (exact) mass is 551 g/mol. The predicted molar refractivity (Wildman–Crippen MR) is 136 cm³/mol. The lowest BCUT2D eigenvalue weighted by Crippen LogP contribution is -2.46. The van der Waals surface area contributed by atoms with E-state index in [2.05, 4.69) is 10.3 Å². The molecule has 2 atom stereocenters. The Hall–Kier alpha value is -3.71. The number of halogens is 4. The molecular formula is C25H25F4N5O3S. The molecule has 4 rings (SSSR count). The molecule has 0 aliphatic carbocycles. The minimum absolute atomic E-state index is 0.0867. The Morgan fingerprint density at radius 2 is 1.74 bits per heavy atom. The molecule has 8 nitrogen and oxygen atoms in total. The van der Waals surface area contributed by atoms with Crippen LogP contribution in [0.1, 0.15) is 23.7 Å². The lowest BCUT2D eigenvalue weighted by atomic mass is 9.96. The second kappa shape index (κ2) is 10.6.